The normalized spacial score (nSPS) is 8.32. The number of ether oxygens (including phenoxy) is 1. The van der Waals surface area contributed by atoms with Crippen LogP contribution in [0.3, 0.4) is 0 Å². The van der Waals surface area contributed by atoms with Gasteiger partial charge in [0.25, 0.3) is 0 Å². The van der Waals surface area contributed by atoms with Gasteiger partial charge in [-0.2, -0.15) is 5.10 Å². The van der Waals surface area contributed by atoms with Gasteiger partial charge >= 0.3 is 0 Å². The number of nitrogens with one attached hydrogen (secondary N) is 1. The van der Waals surface area contributed by atoms with Gasteiger partial charge in [0.2, 0.25) is 0 Å². The van der Waals surface area contributed by atoms with E-state index >= 15 is 0 Å². The quantitative estimate of drug-likeness (QED) is 0.0687. The number of rotatable bonds is 5. The number of nitrogens with zero attached hydrogens (tertiary/aromatic N) is 1. The van der Waals surface area contributed by atoms with Crippen LogP contribution in [0.15, 0.2) is 78.7 Å². The van der Waals surface area contributed by atoms with E-state index in [9.17, 15) is 0 Å². The summed E-state index contributed by atoms with van der Waals surface area (Å²) in [7, 11) is 1.62. The lowest BCUT2D eigenvalue weighted by Crippen LogP contribution is -2.16. The Hall–Kier alpha value is -3.12. The number of aryl methyl sites for hydroxylation is 1. The highest BCUT2D eigenvalue weighted by atomic mass is 16.5. The summed E-state index contributed by atoms with van der Waals surface area (Å²) in [6.45, 7) is 31.2. The number of hydrogen-bond donors (Lipinski definition) is 4. The van der Waals surface area contributed by atoms with Gasteiger partial charge in [-0.15, -0.1) is 6.58 Å². The van der Waals surface area contributed by atoms with E-state index < -0.39 is 0 Å². The molecule has 0 spiro atoms. The molecule has 0 atom stereocenters. The van der Waals surface area contributed by atoms with Crippen LogP contribution in [0, 0.1) is 5.41 Å². The average Bonchev–Trinajstić information content (AvgIpc) is 2.98. The van der Waals surface area contributed by atoms with Crippen LogP contribution in [0.5, 0.6) is 0 Å². The van der Waals surface area contributed by atoms with E-state index in [-0.39, 0.29) is 6.15 Å². The number of nitrogens with two attached hydrogens (primary N) is 2. The number of hydrogen-bond acceptors (Lipinski definition) is 5. The van der Waals surface area contributed by atoms with E-state index in [1.807, 2.05) is 112 Å². The van der Waals surface area contributed by atoms with Gasteiger partial charge in [0.1, 0.15) is 5.84 Å². The van der Waals surface area contributed by atoms with Gasteiger partial charge in [0.15, 0.2) is 0 Å². The van der Waals surface area contributed by atoms with E-state index in [4.69, 9.17) is 17.0 Å². The Morgan fingerprint density at radius 1 is 0.854 bits per heavy atom. The second-order valence-corrected chi connectivity index (χ2v) is 6.81. The van der Waals surface area contributed by atoms with Gasteiger partial charge in [-0.25, -0.2) is 0 Å². The zero-order chi connectivity index (χ0) is 33.5. The average molecular weight is 582 g/mol. The van der Waals surface area contributed by atoms with Gasteiger partial charge in [-0.05, 0) is 72.2 Å². The van der Waals surface area contributed by atoms with Crippen LogP contribution in [-0.4, -0.2) is 19.2 Å². The minimum absolute atomic E-state index is 0. The molecule has 0 aliphatic carbocycles. The van der Waals surface area contributed by atoms with Crippen LogP contribution in [-0.2, 0) is 17.6 Å². The second-order valence-electron chi connectivity index (χ2n) is 6.81. The molecule has 0 aliphatic rings. The van der Waals surface area contributed by atoms with Crippen LogP contribution in [0.4, 0.5) is 0 Å². The van der Waals surface area contributed by atoms with Gasteiger partial charge in [0.05, 0.1) is 13.4 Å². The lowest BCUT2D eigenvalue weighted by Gasteiger charge is -2.03. The minimum Gasteiger partial charge on any atom is -0.505 e. The molecule has 41 heavy (non-hydrogen) atoms. The van der Waals surface area contributed by atoms with Crippen LogP contribution < -0.4 is 17.7 Å². The fourth-order valence-electron chi connectivity index (χ4n) is 1.57. The summed E-state index contributed by atoms with van der Waals surface area (Å²) in [5, 5.41) is 9.54. The fraction of sp³-hybridized carbons (Fsp3) is 0.543. The van der Waals surface area contributed by atoms with Crippen LogP contribution in [0.1, 0.15) is 121 Å². The molecular formula is C35H75N5O. The first-order chi connectivity index (χ1) is 19.2. The standard InChI is InChI=1S/C11H17N3.C4H8O.2C4H8.C3H8.C3H6.C2H5N.2C2H6.H3N/c1-2-4-9-5-3-6-10(7-9)8-11(12)14-13;1-3-4-5-2;2*1-3-4-2;2*1-3-2;1-2-3;2*1-2;/h3,5-7H,2,4,8,13H2,1H3,(H2,12,14);3-4H,1-2H3;2*3-4H,1-2H3;3H2,1-2H3;3H,1H2,2H3;2-3H,1H3;2*1-2H3;1H3/b;2*4-3+;4-3-;;;;;;. The van der Waals surface area contributed by atoms with Crippen LogP contribution >= 0.6 is 0 Å². The lowest BCUT2D eigenvalue weighted by atomic mass is 10.0. The Kier molecular flexibility index (Phi) is 125. The summed E-state index contributed by atoms with van der Waals surface area (Å²) < 4.78 is 4.51. The van der Waals surface area contributed by atoms with Crippen molar-refractivity contribution in [2.45, 2.75) is 123 Å². The van der Waals surface area contributed by atoms with Crippen molar-refractivity contribution in [2.75, 3.05) is 7.11 Å². The van der Waals surface area contributed by atoms with Crippen molar-refractivity contribution in [3.63, 3.8) is 0 Å². The predicted molar refractivity (Wildman–Crippen MR) is 197 cm³/mol. The monoisotopic (exact) mass is 582 g/mol. The van der Waals surface area contributed by atoms with Crippen molar-refractivity contribution >= 4 is 12.1 Å². The number of allylic oxidation sites excluding steroid dienone is 6. The maximum absolute atomic E-state index is 6.08. The van der Waals surface area contributed by atoms with E-state index in [1.54, 1.807) is 26.4 Å². The Morgan fingerprint density at radius 3 is 1.41 bits per heavy atom. The second kappa shape index (κ2) is 83.3. The highest BCUT2D eigenvalue weighted by Gasteiger charge is 1.98. The molecule has 8 N–H and O–H groups in total. The van der Waals surface area contributed by atoms with Crippen molar-refractivity contribution in [1.29, 1.82) is 5.41 Å². The largest absolute Gasteiger partial charge is 0.505 e. The molecule has 1 rings (SSSR count). The predicted octanol–water partition coefficient (Wildman–Crippen LogP) is 11.2. The summed E-state index contributed by atoms with van der Waals surface area (Å²) in [4.78, 5) is 0. The van der Waals surface area contributed by atoms with E-state index in [0.717, 1.165) is 12.8 Å². The molecule has 0 unspecified atom stereocenters. The first-order valence-electron chi connectivity index (χ1n) is 14.7. The van der Waals surface area contributed by atoms with Crippen molar-refractivity contribution in [1.82, 2.24) is 6.15 Å². The fourth-order valence-corrected chi connectivity index (χ4v) is 1.57. The molecule has 1 aromatic carbocycles. The molecule has 0 fully saturated rings. The maximum Gasteiger partial charge on any atom is 0.123 e. The number of hydrazone groups is 1. The highest BCUT2D eigenvalue weighted by molar-refractivity contribution is 5.82. The Bertz CT molecular complexity index is 613. The Balaban J connectivity index is -0.0000000458. The molecule has 0 aliphatic heterocycles. The third-order valence-electron chi connectivity index (χ3n) is 3.02. The third kappa shape index (κ3) is 114. The van der Waals surface area contributed by atoms with Gasteiger partial charge in [-0.1, -0.05) is 122 Å². The minimum atomic E-state index is 0. The summed E-state index contributed by atoms with van der Waals surface area (Å²) in [6, 6.07) is 8.37. The van der Waals surface area contributed by atoms with Crippen molar-refractivity contribution in [3.05, 3.63) is 84.7 Å². The molecule has 246 valence electrons. The first kappa shape index (κ1) is 61.8. The smallest absolute Gasteiger partial charge is 0.123 e. The summed E-state index contributed by atoms with van der Waals surface area (Å²) in [6.07, 6.45) is 18.6. The number of amidine groups is 1. The molecule has 6 nitrogen and oxygen atoms in total. The first-order valence-corrected chi connectivity index (χ1v) is 14.7. The molecule has 6 heteroatoms. The van der Waals surface area contributed by atoms with E-state index in [2.05, 4.69) is 49.3 Å². The van der Waals surface area contributed by atoms with Crippen molar-refractivity contribution < 1.29 is 4.74 Å². The molecule has 0 amide bonds. The Labute approximate surface area is 259 Å². The maximum atomic E-state index is 6.08. The van der Waals surface area contributed by atoms with E-state index in [1.165, 1.54) is 23.8 Å². The molecular weight excluding hydrogens is 506 g/mol. The molecule has 1 aromatic rings. The SMILES string of the molecule is C/C=C/C.C/C=C/OC.C/C=C\C.C=CC.CC.CC.CC=N.CCC.CCCc1cccc(C/C(N)=N/N)c1.N. The molecule has 0 heterocycles. The highest BCUT2D eigenvalue weighted by Crippen LogP contribution is 2.08. The van der Waals surface area contributed by atoms with E-state index in [0.29, 0.717) is 12.3 Å². The molecule has 0 radical (unpaired) electrons. The zero-order valence-corrected chi connectivity index (χ0v) is 30.2. The summed E-state index contributed by atoms with van der Waals surface area (Å²) in [5.74, 6) is 5.55. The lowest BCUT2D eigenvalue weighted by molar-refractivity contribution is 0.337. The molecule has 0 bridgehead atoms. The van der Waals surface area contributed by atoms with Gasteiger partial charge in [0, 0.05) is 6.42 Å². The Morgan fingerprint density at radius 2 is 1.20 bits per heavy atom. The van der Waals surface area contributed by atoms with Crippen molar-refractivity contribution in [2.24, 2.45) is 16.7 Å². The van der Waals surface area contributed by atoms with Crippen LogP contribution in [0.2, 0.25) is 0 Å². The van der Waals surface area contributed by atoms with Gasteiger partial charge in [-0.3, -0.25) is 0 Å². The third-order valence-corrected chi connectivity index (χ3v) is 3.02. The summed E-state index contributed by atoms with van der Waals surface area (Å²) in [5.41, 5.74) is 8.07. The summed E-state index contributed by atoms with van der Waals surface area (Å²) >= 11 is 0. The number of benzene rings is 1. The van der Waals surface area contributed by atoms with Gasteiger partial charge < -0.3 is 27.9 Å². The molecule has 0 saturated heterocycles. The topological polar surface area (TPSA) is 132 Å². The van der Waals surface area contributed by atoms with Crippen LogP contribution in [0.25, 0.3) is 0 Å². The molecule has 0 saturated carbocycles. The number of methoxy groups -OCH3 is 1. The van der Waals surface area contributed by atoms with Crippen molar-refractivity contribution in [3.8, 4) is 0 Å². The zero-order valence-electron chi connectivity index (χ0n) is 30.2. The molecule has 0 aromatic heterocycles.